The lowest BCUT2D eigenvalue weighted by Gasteiger charge is -2.35. The van der Waals surface area contributed by atoms with Gasteiger partial charge < -0.3 is 26.4 Å². The van der Waals surface area contributed by atoms with E-state index in [4.69, 9.17) is 22.1 Å². The smallest absolute Gasteiger partial charge is 0.408 e. The van der Waals surface area contributed by atoms with Gasteiger partial charge in [0.25, 0.3) is 5.91 Å². The number of benzene rings is 2. The number of carbonyl (C=O) groups is 5. The van der Waals surface area contributed by atoms with Gasteiger partial charge in [0.2, 0.25) is 17.6 Å². The number of ether oxygens (including phenoxy) is 1. The largest absolute Gasteiger partial charge is 0.440 e. The van der Waals surface area contributed by atoms with E-state index in [-0.39, 0.29) is 18.7 Å². The van der Waals surface area contributed by atoms with Crippen LogP contribution in [0.3, 0.4) is 0 Å². The molecule has 1 fully saturated rings. The van der Waals surface area contributed by atoms with E-state index in [1.165, 1.54) is 0 Å². The molecule has 10 nitrogen and oxygen atoms in total. The highest BCUT2D eigenvalue weighted by Gasteiger charge is 2.38. The second kappa shape index (κ2) is 14.8. The second-order valence-electron chi connectivity index (χ2n) is 11.1. The zero-order valence-corrected chi connectivity index (χ0v) is 24.9. The Labute approximate surface area is 251 Å². The van der Waals surface area contributed by atoms with Crippen molar-refractivity contribution in [1.29, 1.82) is 0 Å². The van der Waals surface area contributed by atoms with E-state index in [0.717, 1.165) is 17.5 Å². The van der Waals surface area contributed by atoms with Gasteiger partial charge >= 0.3 is 6.09 Å². The number of nitrogens with two attached hydrogens (primary N) is 1. The van der Waals surface area contributed by atoms with E-state index in [9.17, 15) is 24.0 Å². The summed E-state index contributed by atoms with van der Waals surface area (Å²) in [5.74, 6) is -3.71. The molecule has 0 bridgehead atoms. The van der Waals surface area contributed by atoms with Crippen LogP contribution < -0.4 is 21.7 Å². The molecule has 5 N–H and O–H groups in total. The summed E-state index contributed by atoms with van der Waals surface area (Å²) in [6, 6.07) is 14.2. The first-order chi connectivity index (χ1) is 19.9. The summed E-state index contributed by atoms with van der Waals surface area (Å²) in [6.07, 6.45) is 0.389. The number of Topliss-reactive ketones (excluding diaryl/α,β-unsaturated/α-hetero) is 1. The minimum absolute atomic E-state index is 0.0752. The molecule has 0 radical (unpaired) electrons. The molecule has 1 saturated heterocycles. The lowest BCUT2D eigenvalue weighted by atomic mass is 9.76. The van der Waals surface area contributed by atoms with E-state index >= 15 is 0 Å². The Morgan fingerprint density at radius 1 is 1.07 bits per heavy atom. The number of alkyl carbamates (subject to hydrolysis) is 1. The minimum Gasteiger partial charge on any atom is -0.440 e. The SMILES string of the molecule is CCCC[C@H](NC(=O)OC(c1ccccc1)C(C)(C)c1cccc(Cl)c1)C(=O)N[C@@H](C[C@@H]1CCNC1=O)C(=O)C(N)=O. The fourth-order valence-electron chi connectivity index (χ4n) is 5.09. The van der Waals surface area contributed by atoms with Crippen LogP contribution in [0.25, 0.3) is 0 Å². The van der Waals surface area contributed by atoms with Crippen LogP contribution in [0.4, 0.5) is 4.79 Å². The average molecular weight is 599 g/mol. The number of amides is 4. The molecular weight excluding hydrogens is 560 g/mol. The van der Waals surface area contributed by atoms with Crippen LogP contribution in [-0.4, -0.2) is 48.2 Å². The fourth-order valence-corrected chi connectivity index (χ4v) is 5.28. The van der Waals surface area contributed by atoms with Gasteiger partial charge in [0.1, 0.15) is 12.1 Å². The summed E-state index contributed by atoms with van der Waals surface area (Å²) in [5, 5.41) is 8.43. The van der Waals surface area contributed by atoms with Crippen LogP contribution in [0.5, 0.6) is 0 Å². The Kier molecular flexibility index (Phi) is 11.5. The van der Waals surface area contributed by atoms with Crippen LogP contribution in [0.1, 0.15) is 70.1 Å². The Balaban J connectivity index is 1.82. The number of unbranched alkanes of at least 4 members (excludes halogenated alkanes) is 1. The molecule has 11 heteroatoms. The van der Waals surface area contributed by atoms with Crippen LogP contribution in [0.2, 0.25) is 5.02 Å². The van der Waals surface area contributed by atoms with E-state index in [2.05, 4.69) is 16.0 Å². The normalized spacial score (nSPS) is 17.0. The fraction of sp³-hybridized carbons (Fsp3) is 0.452. The van der Waals surface area contributed by atoms with Crippen molar-refractivity contribution in [1.82, 2.24) is 16.0 Å². The molecule has 3 rings (SSSR count). The molecular formula is C31H39ClN4O6. The van der Waals surface area contributed by atoms with Gasteiger partial charge in [-0.15, -0.1) is 0 Å². The molecule has 0 aromatic heterocycles. The Hall–Kier alpha value is -3.92. The lowest BCUT2D eigenvalue weighted by molar-refractivity contribution is -0.139. The lowest BCUT2D eigenvalue weighted by Crippen LogP contribution is -2.54. The Bertz CT molecular complexity index is 1290. The molecule has 0 aliphatic carbocycles. The number of primary amides is 1. The van der Waals surface area contributed by atoms with Crippen molar-refractivity contribution in [3.05, 3.63) is 70.7 Å². The minimum atomic E-state index is -1.30. The van der Waals surface area contributed by atoms with Gasteiger partial charge in [0.05, 0.1) is 6.04 Å². The summed E-state index contributed by atoms with van der Waals surface area (Å²) < 4.78 is 6.00. The van der Waals surface area contributed by atoms with Crippen LogP contribution in [-0.2, 0) is 29.3 Å². The summed E-state index contributed by atoms with van der Waals surface area (Å²) in [6.45, 7) is 6.24. The number of hydrogen-bond donors (Lipinski definition) is 4. The van der Waals surface area contributed by atoms with Gasteiger partial charge in [-0.05, 0) is 42.5 Å². The Morgan fingerprint density at radius 3 is 2.38 bits per heavy atom. The quantitative estimate of drug-likeness (QED) is 0.243. The third kappa shape index (κ3) is 8.55. The maximum absolute atomic E-state index is 13.4. The monoisotopic (exact) mass is 598 g/mol. The average Bonchev–Trinajstić information content (AvgIpc) is 3.37. The van der Waals surface area contributed by atoms with Crippen molar-refractivity contribution in [2.45, 2.75) is 76.5 Å². The molecule has 226 valence electrons. The Morgan fingerprint density at radius 2 is 1.79 bits per heavy atom. The van der Waals surface area contributed by atoms with E-state index < -0.39 is 53.2 Å². The number of halogens is 1. The van der Waals surface area contributed by atoms with Crippen molar-refractivity contribution in [2.75, 3.05) is 6.54 Å². The molecule has 2 aromatic rings. The molecule has 1 unspecified atom stereocenters. The van der Waals surface area contributed by atoms with Gasteiger partial charge in [-0.1, -0.05) is 87.7 Å². The molecule has 1 aliphatic rings. The highest BCUT2D eigenvalue weighted by molar-refractivity contribution is 6.38. The molecule has 1 heterocycles. The summed E-state index contributed by atoms with van der Waals surface area (Å²) in [7, 11) is 0. The topological polar surface area (TPSA) is 157 Å². The van der Waals surface area contributed by atoms with Crippen molar-refractivity contribution in [2.24, 2.45) is 11.7 Å². The third-order valence-electron chi connectivity index (χ3n) is 7.57. The standard InChI is InChI=1S/C31H39ClN4O6/c1-4-5-14-23(29(40)35-24(25(37)27(33)38)17-20-15-16-34-28(20)39)36-30(41)42-26(19-10-7-6-8-11-19)31(2,3)21-12-9-13-22(32)18-21/h6-13,18,20,23-24,26H,4-5,14-17H2,1-3H3,(H2,33,38)(H,34,39)(H,35,40)(H,36,41)/t20-,23-,24-,26?/m0/s1. The maximum Gasteiger partial charge on any atom is 0.408 e. The van der Waals surface area contributed by atoms with Crippen LogP contribution >= 0.6 is 11.6 Å². The molecule has 4 amide bonds. The first-order valence-corrected chi connectivity index (χ1v) is 14.5. The van der Waals surface area contributed by atoms with Gasteiger partial charge in [0.15, 0.2) is 0 Å². The van der Waals surface area contributed by atoms with Crippen LogP contribution in [0, 0.1) is 5.92 Å². The number of carbonyl (C=O) groups excluding carboxylic acids is 5. The highest BCUT2D eigenvalue weighted by atomic mass is 35.5. The van der Waals surface area contributed by atoms with E-state index in [1.807, 2.05) is 69.3 Å². The van der Waals surface area contributed by atoms with Crippen LogP contribution in [0.15, 0.2) is 54.6 Å². The first-order valence-electron chi connectivity index (χ1n) is 14.1. The zero-order valence-electron chi connectivity index (χ0n) is 24.2. The number of rotatable bonds is 14. The first kappa shape index (κ1) is 32.6. The summed E-state index contributed by atoms with van der Waals surface area (Å²) in [4.78, 5) is 63.1. The molecule has 0 spiro atoms. The number of nitrogens with one attached hydrogen (secondary N) is 3. The predicted octanol–water partition coefficient (Wildman–Crippen LogP) is 3.71. The second-order valence-corrected chi connectivity index (χ2v) is 11.5. The molecule has 1 aliphatic heterocycles. The molecule has 4 atom stereocenters. The van der Waals surface area contributed by atoms with Crippen molar-refractivity contribution < 1.29 is 28.7 Å². The highest BCUT2D eigenvalue weighted by Crippen LogP contribution is 2.40. The number of ketones is 1. The third-order valence-corrected chi connectivity index (χ3v) is 7.80. The van der Waals surface area contributed by atoms with Gasteiger partial charge in [-0.3, -0.25) is 19.2 Å². The maximum atomic E-state index is 13.4. The van der Waals surface area contributed by atoms with Crippen molar-refractivity contribution >= 4 is 41.2 Å². The van der Waals surface area contributed by atoms with Crippen molar-refractivity contribution in [3.8, 4) is 0 Å². The summed E-state index contributed by atoms with van der Waals surface area (Å²) in [5.41, 5.74) is 6.10. The van der Waals surface area contributed by atoms with E-state index in [0.29, 0.717) is 24.4 Å². The van der Waals surface area contributed by atoms with E-state index in [1.54, 1.807) is 6.07 Å². The molecule has 42 heavy (non-hydrogen) atoms. The molecule has 2 aromatic carbocycles. The molecule has 0 saturated carbocycles. The summed E-state index contributed by atoms with van der Waals surface area (Å²) >= 11 is 6.26. The van der Waals surface area contributed by atoms with Gasteiger partial charge in [0, 0.05) is 22.9 Å². The van der Waals surface area contributed by atoms with Crippen molar-refractivity contribution in [3.63, 3.8) is 0 Å². The number of hydrogen-bond acceptors (Lipinski definition) is 6. The van der Waals surface area contributed by atoms with Gasteiger partial charge in [-0.25, -0.2) is 4.79 Å². The van der Waals surface area contributed by atoms with Gasteiger partial charge in [-0.2, -0.15) is 0 Å². The zero-order chi connectivity index (χ0) is 30.9. The predicted molar refractivity (Wildman–Crippen MR) is 158 cm³/mol.